The fourth-order valence-electron chi connectivity index (χ4n) is 2.17. The first-order chi connectivity index (χ1) is 7.52. The Bertz CT molecular complexity index is 446. The van der Waals surface area contributed by atoms with Gasteiger partial charge in [-0.2, -0.15) is 5.26 Å². The van der Waals surface area contributed by atoms with Crippen molar-refractivity contribution in [3.8, 4) is 6.07 Å². The summed E-state index contributed by atoms with van der Waals surface area (Å²) in [5.41, 5.74) is 2.09. The zero-order valence-corrected chi connectivity index (χ0v) is 9.70. The van der Waals surface area contributed by atoms with Crippen molar-refractivity contribution >= 4 is 5.69 Å². The predicted octanol–water partition coefficient (Wildman–Crippen LogP) is 1.83. The molecule has 0 amide bonds. The van der Waals surface area contributed by atoms with E-state index in [0.717, 1.165) is 24.2 Å². The van der Waals surface area contributed by atoms with Crippen LogP contribution in [0.4, 0.5) is 5.69 Å². The number of aliphatic hydroxyl groups is 1. The Morgan fingerprint density at radius 2 is 2.25 bits per heavy atom. The topological polar surface area (TPSA) is 47.3 Å². The molecule has 3 heteroatoms. The second-order valence-corrected chi connectivity index (χ2v) is 4.80. The molecule has 0 spiro atoms. The second kappa shape index (κ2) is 3.80. The highest BCUT2D eigenvalue weighted by Gasteiger charge is 2.32. The molecular weight excluding hydrogens is 200 g/mol. The minimum atomic E-state index is -0.627. The Morgan fingerprint density at radius 3 is 2.81 bits per heavy atom. The first kappa shape index (κ1) is 11.0. The zero-order chi connectivity index (χ0) is 11.8. The van der Waals surface area contributed by atoms with Gasteiger partial charge in [-0.15, -0.1) is 0 Å². The molecule has 1 fully saturated rings. The number of nitriles is 1. The molecule has 1 N–H and O–H groups in total. The maximum atomic E-state index is 9.92. The number of anilines is 1. The van der Waals surface area contributed by atoms with Gasteiger partial charge in [-0.3, -0.25) is 0 Å². The van der Waals surface area contributed by atoms with Crippen LogP contribution in [0.15, 0.2) is 18.2 Å². The number of nitrogens with zero attached hydrogens (tertiary/aromatic N) is 2. The summed E-state index contributed by atoms with van der Waals surface area (Å²) in [4.78, 5) is 2.08. The predicted molar refractivity (Wildman–Crippen MR) is 63.3 cm³/mol. The molecule has 16 heavy (non-hydrogen) atoms. The Balaban J connectivity index is 2.32. The first-order valence-electron chi connectivity index (χ1n) is 5.50. The average molecular weight is 216 g/mol. The summed E-state index contributed by atoms with van der Waals surface area (Å²) < 4.78 is 0. The number of hydrogen-bond donors (Lipinski definition) is 1. The zero-order valence-electron chi connectivity index (χ0n) is 9.70. The lowest BCUT2D eigenvalue weighted by Gasteiger charge is -2.22. The molecule has 0 aliphatic carbocycles. The highest BCUT2D eigenvalue weighted by Crippen LogP contribution is 2.29. The quantitative estimate of drug-likeness (QED) is 0.779. The molecule has 0 radical (unpaired) electrons. The summed E-state index contributed by atoms with van der Waals surface area (Å²) >= 11 is 0. The molecule has 2 rings (SSSR count). The summed E-state index contributed by atoms with van der Waals surface area (Å²) in [6, 6.07) is 8.08. The van der Waals surface area contributed by atoms with Crippen molar-refractivity contribution in [2.24, 2.45) is 0 Å². The third-order valence-corrected chi connectivity index (χ3v) is 3.06. The maximum absolute atomic E-state index is 9.92. The van der Waals surface area contributed by atoms with E-state index >= 15 is 0 Å². The standard InChI is InChI=1S/C13H16N2O/c1-10-3-4-12(11(7-10)8-14)15-6-5-13(2,16)9-15/h3-4,7,16H,5-6,9H2,1-2H3. The molecule has 1 saturated heterocycles. The average Bonchev–Trinajstić information content (AvgIpc) is 2.58. The lowest BCUT2D eigenvalue weighted by atomic mass is 10.1. The highest BCUT2D eigenvalue weighted by molar-refractivity contribution is 5.61. The maximum Gasteiger partial charge on any atom is 0.101 e. The van der Waals surface area contributed by atoms with E-state index in [1.54, 1.807) is 0 Å². The fraction of sp³-hybridized carbons (Fsp3) is 0.462. The molecule has 1 unspecified atom stereocenters. The van der Waals surface area contributed by atoms with Crippen molar-refractivity contribution in [3.05, 3.63) is 29.3 Å². The molecule has 1 aromatic carbocycles. The van der Waals surface area contributed by atoms with Gasteiger partial charge >= 0.3 is 0 Å². The normalized spacial score (nSPS) is 24.5. The van der Waals surface area contributed by atoms with Gasteiger partial charge in [0.1, 0.15) is 6.07 Å². The van der Waals surface area contributed by atoms with Gasteiger partial charge in [-0.1, -0.05) is 6.07 Å². The third kappa shape index (κ3) is 2.02. The molecule has 3 nitrogen and oxygen atoms in total. The minimum absolute atomic E-state index is 0.602. The summed E-state index contributed by atoms with van der Waals surface area (Å²) in [6.07, 6.45) is 0.756. The van der Waals surface area contributed by atoms with Crippen molar-refractivity contribution in [2.45, 2.75) is 25.9 Å². The molecule has 84 valence electrons. The van der Waals surface area contributed by atoms with Crippen molar-refractivity contribution in [1.29, 1.82) is 5.26 Å². The molecule has 1 aromatic rings. The molecule has 1 aliphatic rings. The van der Waals surface area contributed by atoms with E-state index in [0.29, 0.717) is 12.1 Å². The number of aryl methyl sites for hydroxylation is 1. The lowest BCUT2D eigenvalue weighted by Crippen LogP contribution is -2.29. The Kier molecular flexibility index (Phi) is 2.61. The van der Waals surface area contributed by atoms with Crippen LogP contribution < -0.4 is 4.90 Å². The molecule has 1 atom stereocenters. The smallest absolute Gasteiger partial charge is 0.101 e. The molecule has 1 aliphatic heterocycles. The lowest BCUT2D eigenvalue weighted by molar-refractivity contribution is 0.0839. The number of rotatable bonds is 1. The van der Waals surface area contributed by atoms with E-state index in [1.807, 2.05) is 32.0 Å². The van der Waals surface area contributed by atoms with Crippen LogP contribution in [-0.2, 0) is 0 Å². The number of β-amino-alcohol motifs (C(OH)–C–C–N with tert-alkyl or cyclic N) is 1. The van der Waals surface area contributed by atoms with Crippen LogP contribution in [0.3, 0.4) is 0 Å². The van der Waals surface area contributed by atoms with Crippen LogP contribution >= 0.6 is 0 Å². The van der Waals surface area contributed by atoms with E-state index in [1.165, 1.54) is 0 Å². The third-order valence-electron chi connectivity index (χ3n) is 3.06. The van der Waals surface area contributed by atoms with Crippen molar-refractivity contribution in [3.63, 3.8) is 0 Å². The summed E-state index contributed by atoms with van der Waals surface area (Å²) in [7, 11) is 0. The van der Waals surface area contributed by atoms with Crippen LogP contribution in [0.5, 0.6) is 0 Å². The summed E-state index contributed by atoms with van der Waals surface area (Å²) in [5.74, 6) is 0. The minimum Gasteiger partial charge on any atom is -0.388 e. The largest absolute Gasteiger partial charge is 0.388 e. The van der Waals surface area contributed by atoms with E-state index in [-0.39, 0.29) is 0 Å². The van der Waals surface area contributed by atoms with E-state index in [9.17, 15) is 5.11 Å². The van der Waals surface area contributed by atoms with E-state index in [4.69, 9.17) is 5.26 Å². The fourth-order valence-corrected chi connectivity index (χ4v) is 2.17. The van der Waals surface area contributed by atoms with Gasteiger partial charge in [0.25, 0.3) is 0 Å². The Hall–Kier alpha value is -1.53. The van der Waals surface area contributed by atoms with Gasteiger partial charge in [0, 0.05) is 13.1 Å². The van der Waals surface area contributed by atoms with Gasteiger partial charge in [-0.05, 0) is 38.0 Å². The van der Waals surface area contributed by atoms with Crippen molar-refractivity contribution < 1.29 is 5.11 Å². The second-order valence-electron chi connectivity index (χ2n) is 4.80. The molecule has 0 aromatic heterocycles. The van der Waals surface area contributed by atoms with Gasteiger partial charge in [0.05, 0.1) is 16.9 Å². The van der Waals surface area contributed by atoms with Crippen molar-refractivity contribution in [2.75, 3.05) is 18.0 Å². The van der Waals surface area contributed by atoms with Gasteiger partial charge < -0.3 is 10.0 Å². The summed E-state index contributed by atoms with van der Waals surface area (Å²) in [6.45, 7) is 5.23. The summed E-state index contributed by atoms with van der Waals surface area (Å²) in [5, 5.41) is 19.0. The van der Waals surface area contributed by atoms with Crippen LogP contribution in [0.25, 0.3) is 0 Å². The van der Waals surface area contributed by atoms with Crippen molar-refractivity contribution in [1.82, 2.24) is 0 Å². The molecule has 1 heterocycles. The van der Waals surface area contributed by atoms with E-state index in [2.05, 4.69) is 11.0 Å². The van der Waals surface area contributed by atoms with Crippen LogP contribution in [0, 0.1) is 18.3 Å². The molecular formula is C13H16N2O. The molecule has 0 bridgehead atoms. The first-order valence-corrected chi connectivity index (χ1v) is 5.50. The van der Waals surface area contributed by atoms with E-state index < -0.39 is 5.60 Å². The van der Waals surface area contributed by atoms with Crippen LogP contribution in [0.2, 0.25) is 0 Å². The highest BCUT2D eigenvalue weighted by atomic mass is 16.3. The Morgan fingerprint density at radius 1 is 1.50 bits per heavy atom. The number of benzene rings is 1. The van der Waals surface area contributed by atoms with Gasteiger partial charge in [0.15, 0.2) is 0 Å². The van der Waals surface area contributed by atoms with Gasteiger partial charge in [0.2, 0.25) is 0 Å². The van der Waals surface area contributed by atoms with Gasteiger partial charge in [-0.25, -0.2) is 0 Å². The van der Waals surface area contributed by atoms with Crippen LogP contribution in [-0.4, -0.2) is 23.8 Å². The SMILES string of the molecule is Cc1ccc(N2CCC(C)(O)C2)c(C#N)c1. The molecule has 0 saturated carbocycles. The Labute approximate surface area is 95.9 Å². The monoisotopic (exact) mass is 216 g/mol. The van der Waals surface area contributed by atoms with Crippen LogP contribution in [0.1, 0.15) is 24.5 Å². The number of hydrogen-bond acceptors (Lipinski definition) is 3.